The summed E-state index contributed by atoms with van der Waals surface area (Å²) in [6.45, 7) is 1.60. The van der Waals surface area contributed by atoms with Crippen LogP contribution in [0.5, 0.6) is 0 Å². The van der Waals surface area contributed by atoms with Gasteiger partial charge in [0.25, 0.3) is 5.56 Å². The summed E-state index contributed by atoms with van der Waals surface area (Å²) in [7, 11) is 0. The molecule has 1 N–H and O–H groups in total. The lowest BCUT2D eigenvalue weighted by Crippen LogP contribution is -2.34. The summed E-state index contributed by atoms with van der Waals surface area (Å²) in [4.78, 5) is 25.7. The van der Waals surface area contributed by atoms with Crippen LogP contribution in [-0.4, -0.2) is 9.55 Å². The van der Waals surface area contributed by atoms with Gasteiger partial charge in [-0.05, 0) is 31.2 Å². The number of nitrogens with one attached hydrogen (secondary N) is 1. The summed E-state index contributed by atoms with van der Waals surface area (Å²) in [5.41, 5.74) is -0.183. The fourth-order valence-electron chi connectivity index (χ4n) is 1.39. The van der Waals surface area contributed by atoms with Crippen LogP contribution in [0.4, 0.5) is 4.39 Å². The molecule has 0 unspecified atom stereocenters. The van der Waals surface area contributed by atoms with Crippen molar-refractivity contribution in [1.29, 1.82) is 0 Å². The van der Waals surface area contributed by atoms with E-state index in [1.54, 1.807) is 6.92 Å². The van der Waals surface area contributed by atoms with Gasteiger partial charge in [-0.15, -0.1) is 0 Å². The Morgan fingerprint density at radius 1 is 1.19 bits per heavy atom. The van der Waals surface area contributed by atoms with Gasteiger partial charge >= 0.3 is 5.69 Å². The number of aryl methyl sites for hydroxylation is 1. The number of hydrogen-bond acceptors (Lipinski definition) is 2. The smallest absolute Gasteiger partial charge is 0.313 e. The van der Waals surface area contributed by atoms with Crippen LogP contribution in [0.3, 0.4) is 0 Å². The Kier molecular flexibility index (Phi) is 2.44. The first kappa shape index (κ1) is 10.4. The third kappa shape index (κ3) is 1.67. The fraction of sp³-hybridized carbons (Fsp3) is 0.0909. The molecule has 2 aromatic rings. The molecule has 0 fully saturated rings. The number of rotatable bonds is 1. The Morgan fingerprint density at radius 3 is 2.44 bits per heavy atom. The molecule has 1 aromatic heterocycles. The molecule has 0 amide bonds. The topological polar surface area (TPSA) is 54.9 Å². The number of hydrogen-bond donors (Lipinski definition) is 1. The van der Waals surface area contributed by atoms with Crippen molar-refractivity contribution in [2.24, 2.45) is 0 Å². The standard InChI is InChI=1S/C11H9FN2O2/c1-7-6-13-11(16)14(10(7)15)9-4-2-8(12)3-5-9/h2-6H,1H3,(H,13,16). The molecule has 0 radical (unpaired) electrons. The lowest BCUT2D eigenvalue weighted by Gasteiger charge is -2.04. The molecule has 5 heteroatoms. The highest BCUT2D eigenvalue weighted by Crippen LogP contribution is 2.04. The van der Waals surface area contributed by atoms with Crippen molar-refractivity contribution in [3.8, 4) is 5.69 Å². The van der Waals surface area contributed by atoms with E-state index in [2.05, 4.69) is 4.98 Å². The number of aromatic amines is 1. The minimum Gasteiger partial charge on any atom is -0.313 e. The Labute approximate surface area is 90.0 Å². The highest BCUT2D eigenvalue weighted by Gasteiger charge is 2.06. The largest absolute Gasteiger partial charge is 0.332 e. The predicted octanol–water partition coefficient (Wildman–Crippen LogP) is 0.973. The van der Waals surface area contributed by atoms with Gasteiger partial charge in [0.15, 0.2) is 0 Å². The van der Waals surface area contributed by atoms with Gasteiger partial charge in [-0.3, -0.25) is 4.79 Å². The molecule has 0 bridgehead atoms. The molecule has 0 saturated carbocycles. The monoisotopic (exact) mass is 220 g/mol. The Balaban J connectivity index is 2.74. The SMILES string of the molecule is Cc1c[nH]c(=O)n(-c2ccc(F)cc2)c1=O. The summed E-state index contributed by atoms with van der Waals surface area (Å²) in [6.07, 6.45) is 1.35. The van der Waals surface area contributed by atoms with Gasteiger partial charge < -0.3 is 4.98 Å². The van der Waals surface area contributed by atoms with Gasteiger partial charge in [0.2, 0.25) is 0 Å². The third-order valence-corrected chi connectivity index (χ3v) is 2.24. The molecule has 82 valence electrons. The van der Waals surface area contributed by atoms with Crippen LogP contribution in [0.1, 0.15) is 5.56 Å². The van der Waals surface area contributed by atoms with Crippen molar-refractivity contribution < 1.29 is 4.39 Å². The second-order valence-electron chi connectivity index (χ2n) is 3.39. The van der Waals surface area contributed by atoms with Crippen LogP contribution in [0.15, 0.2) is 40.1 Å². The van der Waals surface area contributed by atoms with E-state index in [1.165, 1.54) is 30.5 Å². The van der Waals surface area contributed by atoms with E-state index < -0.39 is 17.1 Å². The van der Waals surface area contributed by atoms with Crippen molar-refractivity contribution in [2.45, 2.75) is 6.92 Å². The Bertz CT molecular complexity index is 626. The van der Waals surface area contributed by atoms with Crippen molar-refractivity contribution in [3.63, 3.8) is 0 Å². The normalized spacial score (nSPS) is 10.4. The first-order valence-corrected chi connectivity index (χ1v) is 4.67. The number of halogens is 1. The van der Waals surface area contributed by atoms with E-state index in [1.807, 2.05) is 0 Å². The summed E-state index contributed by atoms with van der Waals surface area (Å²) >= 11 is 0. The zero-order valence-electron chi connectivity index (χ0n) is 8.53. The van der Waals surface area contributed by atoms with E-state index in [4.69, 9.17) is 0 Å². The van der Waals surface area contributed by atoms with Gasteiger partial charge in [-0.2, -0.15) is 0 Å². The molecule has 0 aliphatic heterocycles. The maximum absolute atomic E-state index is 12.7. The minimum absolute atomic E-state index is 0.344. The molecule has 0 saturated heterocycles. The van der Waals surface area contributed by atoms with Crippen LogP contribution >= 0.6 is 0 Å². The molecule has 2 rings (SSSR count). The Morgan fingerprint density at radius 2 is 1.81 bits per heavy atom. The summed E-state index contributed by atoms with van der Waals surface area (Å²) in [5, 5.41) is 0. The van der Waals surface area contributed by atoms with Gasteiger partial charge in [-0.1, -0.05) is 0 Å². The average Bonchev–Trinajstić information content (AvgIpc) is 2.27. The van der Waals surface area contributed by atoms with Crippen molar-refractivity contribution in [3.05, 3.63) is 62.7 Å². The van der Waals surface area contributed by atoms with E-state index in [0.29, 0.717) is 11.3 Å². The summed E-state index contributed by atoms with van der Waals surface area (Å²) in [6, 6.07) is 5.16. The van der Waals surface area contributed by atoms with Crippen LogP contribution in [0.25, 0.3) is 5.69 Å². The zero-order valence-corrected chi connectivity index (χ0v) is 8.53. The number of aromatic nitrogens is 2. The van der Waals surface area contributed by atoms with E-state index in [0.717, 1.165) is 4.57 Å². The predicted molar refractivity (Wildman–Crippen MR) is 57.4 cm³/mol. The highest BCUT2D eigenvalue weighted by atomic mass is 19.1. The lowest BCUT2D eigenvalue weighted by atomic mass is 10.3. The average molecular weight is 220 g/mol. The highest BCUT2D eigenvalue weighted by molar-refractivity contribution is 5.32. The maximum atomic E-state index is 12.7. The van der Waals surface area contributed by atoms with Crippen LogP contribution in [0.2, 0.25) is 0 Å². The summed E-state index contributed by atoms with van der Waals surface area (Å²) in [5.74, 6) is -0.416. The van der Waals surface area contributed by atoms with Crippen LogP contribution in [-0.2, 0) is 0 Å². The van der Waals surface area contributed by atoms with Gasteiger partial charge in [0, 0.05) is 11.8 Å². The number of nitrogens with zero attached hydrogens (tertiary/aromatic N) is 1. The van der Waals surface area contributed by atoms with Gasteiger partial charge in [-0.25, -0.2) is 13.8 Å². The molecule has 0 atom stereocenters. The number of benzene rings is 1. The van der Waals surface area contributed by atoms with Crippen molar-refractivity contribution >= 4 is 0 Å². The first-order valence-electron chi connectivity index (χ1n) is 4.67. The van der Waals surface area contributed by atoms with Crippen molar-refractivity contribution in [2.75, 3.05) is 0 Å². The molecule has 4 nitrogen and oxygen atoms in total. The van der Waals surface area contributed by atoms with E-state index in [9.17, 15) is 14.0 Å². The molecule has 0 aliphatic carbocycles. The third-order valence-electron chi connectivity index (χ3n) is 2.24. The van der Waals surface area contributed by atoms with E-state index >= 15 is 0 Å². The second kappa shape index (κ2) is 3.77. The first-order chi connectivity index (χ1) is 7.59. The zero-order chi connectivity index (χ0) is 11.7. The quantitative estimate of drug-likeness (QED) is 0.778. The van der Waals surface area contributed by atoms with Crippen LogP contribution < -0.4 is 11.2 Å². The maximum Gasteiger partial charge on any atom is 0.332 e. The summed E-state index contributed by atoms with van der Waals surface area (Å²) < 4.78 is 13.7. The molecule has 16 heavy (non-hydrogen) atoms. The molecule has 0 aliphatic rings. The van der Waals surface area contributed by atoms with Gasteiger partial charge in [0.05, 0.1) is 5.69 Å². The molecule has 1 aromatic carbocycles. The van der Waals surface area contributed by atoms with Crippen LogP contribution in [0, 0.1) is 12.7 Å². The molecule has 0 spiro atoms. The number of H-pyrrole nitrogens is 1. The van der Waals surface area contributed by atoms with Gasteiger partial charge in [0.1, 0.15) is 5.82 Å². The molecular weight excluding hydrogens is 211 g/mol. The molecular formula is C11H9FN2O2. The van der Waals surface area contributed by atoms with Crippen molar-refractivity contribution in [1.82, 2.24) is 9.55 Å². The minimum atomic E-state index is -0.540. The fourth-order valence-corrected chi connectivity index (χ4v) is 1.39. The second-order valence-corrected chi connectivity index (χ2v) is 3.39. The molecule has 1 heterocycles. The lowest BCUT2D eigenvalue weighted by molar-refractivity contribution is 0.627. The Hall–Kier alpha value is -2.17. The van der Waals surface area contributed by atoms with E-state index in [-0.39, 0.29) is 0 Å².